The molecular formula is C14H16N4O. The number of nitriles is 1. The summed E-state index contributed by atoms with van der Waals surface area (Å²) in [7, 11) is 1.91. The Kier molecular flexibility index (Phi) is 4.16. The zero-order chi connectivity index (χ0) is 13.7. The number of hydrogen-bond acceptors (Lipinski definition) is 3. The molecule has 1 amide bonds. The minimum atomic E-state index is -0.154. The van der Waals surface area contributed by atoms with Crippen LogP contribution in [-0.2, 0) is 17.9 Å². The number of nitrogens with zero attached hydrogens (tertiary/aromatic N) is 2. The van der Waals surface area contributed by atoms with Crippen molar-refractivity contribution in [2.45, 2.75) is 13.1 Å². The molecule has 19 heavy (non-hydrogen) atoms. The molecular weight excluding hydrogens is 240 g/mol. The van der Waals surface area contributed by atoms with Crippen LogP contribution in [0.1, 0.15) is 5.56 Å². The lowest BCUT2D eigenvalue weighted by Crippen LogP contribution is -2.27. The number of amides is 1. The van der Waals surface area contributed by atoms with Crippen molar-refractivity contribution in [1.82, 2.24) is 15.2 Å². The molecule has 0 radical (unpaired) electrons. The maximum atomic E-state index is 11.6. The predicted molar refractivity (Wildman–Crippen MR) is 73.3 cm³/mol. The third kappa shape index (κ3) is 3.12. The van der Waals surface area contributed by atoms with Crippen LogP contribution in [0.4, 0.5) is 0 Å². The quantitative estimate of drug-likeness (QED) is 0.784. The number of carbonyl (C=O) groups is 1. The first-order valence-electron chi connectivity index (χ1n) is 6.10. The van der Waals surface area contributed by atoms with Crippen molar-refractivity contribution in [3.8, 4) is 6.07 Å². The normalized spacial score (nSPS) is 10.3. The van der Waals surface area contributed by atoms with Crippen LogP contribution in [0.25, 0.3) is 10.9 Å². The van der Waals surface area contributed by atoms with Gasteiger partial charge in [0.2, 0.25) is 5.91 Å². The average molecular weight is 256 g/mol. The number of nitrogens with one attached hydrogen (secondary N) is 2. The van der Waals surface area contributed by atoms with Crippen LogP contribution >= 0.6 is 0 Å². The summed E-state index contributed by atoms with van der Waals surface area (Å²) in [6.45, 7) is 1.10. The molecule has 2 rings (SSSR count). The largest absolute Gasteiger partial charge is 0.341 e. The molecule has 0 aliphatic heterocycles. The molecule has 5 nitrogen and oxygen atoms in total. The lowest BCUT2D eigenvalue weighted by atomic mass is 10.1. The third-order valence-corrected chi connectivity index (χ3v) is 2.89. The van der Waals surface area contributed by atoms with Gasteiger partial charge in [0.25, 0.3) is 0 Å². The average Bonchev–Trinajstić information content (AvgIpc) is 2.79. The van der Waals surface area contributed by atoms with Gasteiger partial charge in [0.05, 0.1) is 6.07 Å². The highest BCUT2D eigenvalue weighted by atomic mass is 16.1. The molecule has 1 aromatic carbocycles. The topological polar surface area (TPSA) is 69.8 Å². The van der Waals surface area contributed by atoms with Crippen LogP contribution < -0.4 is 10.6 Å². The van der Waals surface area contributed by atoms with Crippen molar-refractivity contribution in [2.75, 3.05) is 13.6 Å². The molecule has 1 aromatic heterocycles. The number of benzene rings is 1. The Morgan fingerprint density at radius 1 is 1.42 bits per heavy atom. The van der Waals surface area contributed by atoms with E-state index in [0.717, 1.165) is 17.4 Å². The van der Waals surface area contributed by atoms with Crippen molar-refractivity contribution >= 4 is 16.8 Å². The third-order valence-electron chi connectivity index (χ3n) is 2.89. The molecule has 0 saturated heterocycles. The molecule has 5 heteroatoms. The van der Waals surface area contributed by atoms with Gasteiger partial charge in [-0.15, -0.1) is 0 Å². The van der Waals surface area contributed by atoms with Gasteiger partial charge in [0, 0.05) is 18.3 Å². The first-order valence-corrected chi connectivity index (χ1v) is 6.10. The summed E-state index contributed by atoms with van der Waals surface area (Å²) < 4.78 is 1.88. The molecule has 0 aliphatic rings. The molecule has 2 N–H and O–H groups in total. The van der Waals surface area contributed by atoms with Gasteiger partial charge in [-0.05, 0) is 36.2 Å². The molecule has 98 valence electrons. The minimum absolute atomic E-state index is 0.0460. The Morgan fingerprint density at radius 2 is 2.26 bits per heavy atom. The van der Waals surface area contributed by atoms with E-state index in [9.17, 15) is 4.79 Å². The lowest BCUT2D eigenvalue weighted by molar-refractivity contribution is -0.121. The zero-order valence-electron chi connectivity index (χ0n) is 10.8. The molecule has 0 unspecified atom stereocenters. The molecule has 0 bridgehead atoms. The van der Waals surface area contributed by atoms with Crippen LogP contribution in [0.2, 0.25) is 0 Å². The monoisotopic (exact) mass is 256 g/mol. The minimum Gasteiger partial charge on any atom is -0.341 e. The van der Waals surface area contributed by atoms with Gasteiger partial charge in [0.1, 0.15) is 13.1 Å². The molecule has 0 saturated carbocycles. The van der Waals surface area contributed by atoms with E-state index in [-0.39, 0.29) is 19.0 Å². The van der Waals surface area contributed by atoms with E-state index >= 15 is 0 Å². The maximum absolute atomic E-state index is 11.6. The first kappa shape index (κ1) is 13.1. The number of hydrogen-bond donors (Lipinski definition) is 2. The second-order valence-corrected chi connectivity index (χ2v) is 4.30. The van der Waals surface area contributed by atoms with Gasteiger partial charge in [-0.3, -0.25) is 4.79 Å². The van der Waals surface area contributed by atoms with Gasteiger partial charge in [0.15, 0.2) is 0 Å². The standard InChI is InChI=1S/C14H16N4O/c1-16-9-11-2-3-13-12(8-11)4-7-18(13)10-14(19)17-6-5-15/h2-4,7-8,16H,6,9-10H2,1H3,(H,17,19). The van der Waals surface area contributed by atoms with E-state index in [1.165, 1.54) is 5.56 Å². The smallest absolute Gasteiger partial charge is 0.240 e. The highest BCUT2D eigenvalue weighted by molar-refractivity contribution is 5.83. The molecule has 2 aromatic rings. The van der Waals surface area contributed by atoms with Crippen molar-refractivity contribution in [2.24, 2.45) is 0 Å². The van der Waals surface area contributed by atoms with E-state index in [1.54, 1.807) is 0 Å². The fourth-order valence-electron chi connectivity index (χ4n) is 2.05. The Morgan fingerprint density at radius 3 is 3.00 bits per heavy atom. The second kappa shape index (κ2) is 6.03. The van der Waals surface area contributed by atoms with E-state index in [4.69, 9.17) is 5.26 Å². The summed E-state index contributed by atoms with van der Waals surface area (Å²) >= 11 is 0. The van der Waals surface area contributed by atoms with E-state index in [2.05, 4.69) is 16.7 Å². The lowest BCUT2D eigenvalue weighted by Gasteiger charge is -2.06. The van der Waals surface area contributed by atoms with Crippen molar-refractivity contribution in [3.63, 3.8) is 0 Å². The fourth-order valence-corrected chi connectivity index (χ4v) is 2.05. The molecule has 0 spiro atoms. The van der Waals surface area contributed by atoms with Crippen molar-refractivity contribution in [3.05, 3.63) is 36.0 Å². The highest BCUT2D eigenvalue weighted by Gasteiger charge is 2.06. The summed E-state index contributed by atoms with van der Waals surface area (Å²) in [4.78, 5) is 11.6. The maximum Gasteiger partial charge on any atom is 0.240 e. The molecule has 1 heterocycles. The fraction of sp³-hybridized carbons (Fsp3) is 0.286. The van der Waals surface area contributed by atoms with Crippen LogP contribution in [0.5, 0.6) is 0 Å². The van der Waals surface area contributed by atoms with Crippen LogP contribution in [-0.4, -0.2) is 24.1 Å². The van der Waals surface area contributed by atoms with E-state index in [1.807, 2.05) is 42.1 Å². The van der Waals surface area contributed by atoms with Gasteiger partial charge in [-0.1, -0.05) is 6.07 Å². The van der Waals surface area contributed by atoms with Crippen molar-refractivity contribution < 1.29 is 4.79 Å². The Hall–Kier alpha value is -2.32. The van der Waals surface area contributed by atoms with Crippen LogP contribution in [0.15, 0.2) is 30.5 Å². The Bertz CT molecular complexity index is 624. The van der Waals surface area contributed by atoms with E-state index < -0.39 is 0 Å². The van der Waals surface area contributed by atoms with Gasteiger partial charge in [-0.2, -0.15) is 5.26 Å². The predicted octanol–water partition coefficient (Wildman–Crippen LogP) is 1.00. The molecule has 0 atom stereocenters. The number of aromatic nitrogens is 1. The summed E-state index contributed by atoms with van der Waals surface area (Å²) in [5.74, 6) is -0.154. The van der Waals surface area contributed by atoms with E-state index in [0.29, 0.717) is 0 Å². The van der Waals surface area contributed by atoms with Gasteiger partial charge in [-0.25, -0.2) is 0 Å². The summed E-state index contributed by atoms with van der Waals surface area (Å²) in [6.07, 6.45) is 1.89. The SMILES string of the molecule is CNCc1ccc2c(ccn2CC(=O)NCC#N)c1. The second-order valence-electron chi connectivity index (χ2n) is 4.30. The first-order chi connectivity index (χ1) is 9.24. The summed E-state index contributed by atoms with van der Waals surface area (Å²) in [6, 6.07) is 10.0. The summed E-state index contributed by atoms with van der Waals surface area (Å²) in [5.41, 5.74) is 2.23. The summed E-state index contributed by atoms with van der Waals surface area (Å²) in [5, 5.41) is 15.2. The van der Waals surface area contributed by atoms with Gasteiger partial charge < -0.3 is 15.2 Å². The zero-order valence-corrected chi connectivity index (χ0v) is 10.8. The molecule has 0 fully saturated rings. The Balaban J connectivity index is 2.17. The number of fused-ring (bicyclic) bond motifs is 1. The Labute approximate surface area is 111 Å². The van der Waals surface area contributed by atoms with Crippen LogP contribution in [0.3, 0.4) is 0 Å². The number of carbonyl (C=O) groups excluding carboxylic acids is 1. The molecule has 0 aliphatic carbocycles. The van der Waals surface area contributed by atoms with Crippen molar-refractivity contribution in [1.29, 1.82) is 5.26 Å². The highest BCUT2D eigenvalue weighted by Crippen LogP contribution is 2.17. The van der Waals surface area contributed by atoms with Gasteiger partial charge >= 0.3 is 0 Å². The van der Waals surface area contributed by atoms with Crippen LogP contribution in [0, 0.1) is 11.3 Å². The number of rotatable bonds is 5.